The van der Waals surface area contributed by atoms with Crippen molar-refractivity contribution in [2.24, 2.45) is 5.92 Å². The van der Waals surface area contributed by atoms with Crippen LogP contribution in [0.2, 0.25) is 0 Å². The highest BCUT2D eigenvalue weighted by Gasteiger charge is 2.31. The van der Waals surface area contributed by atoms with Crippen molar-refractivity contribution in [2.45, 2.75) is 31.6 Å². The Balaban J connectivity index is 1.88. The summed E-state index contributed by atoms with van der Waals surface area (Å²) in [4.78, 5) is 0. The van der Waals surface area contributed by atoms with Crippen molar-refractivity contribution in [1.82, 2.24) is 5.32 Å². The van der Waals surface area contributed by atoms with Crippen molar-refractivity contribution < 1.29 is 5.11 Å². The fraction of sp³-hybridized carbons (Fsp3) is 0.400. The summed E-state index contributed by atoms with van der Waals surface area (Å²) >= 11 is 0. The molecule has 1 unspecified atom stereocenters. The zero-order valence-electron chi connectivity index (χ0n) is 12.9. The van der Waals surface area contributed by atoms with Gasteiger partial charge < -0.3 is 10.4 Å². The van der Waals surface area contributed by atoms with Crippen LogP contribution in [0.1, 0.15) is 41.0 Å². The van der Waals surface area contributed by atoms with Gasteiger partial charge in [0.15, 0.2) is 0 Å². The molecular formula is C20H23NO. The van der Waals surface area contributed by atoms with Crippen LogP contribution in [0.4, 0.5) is 0 Å². The van der Waals surface area contributed by atoms with E-state index in [9.17, 15) is 5.11 Å². The molecule has 0 bridgehead atoms. The number of nitrogens with one attached hydrogen (secondary N) is 1. The lowest BCUT2D eigenvalue weighted by atomic mass is 9.75. The highest BCUT2D eigenvalue weighted by Crippen LogP contribution is 2.44. The molecule has 0 spiro atoms. The van der Waals surface area contributed by atoms with Gasteiger partial charge in [0.25, 0.3) is 0 Å². The zero-order valence-corrected chi connectivity index (χ0v) is 12.9. The van der Waals surface area contributed by atoms with Crippen molar-refractivity contribution in [3.8, 4) is 5.75 Å². The lowest BCUT2D eigenvalue weighted by molar-refractivity contribution is 0.341. The fourth-order valence-corrected chi connectivity index (χ4v) is 4.33. The molecule has 1 heterocycles. The summed E-state index contributed by atoms with van der Waals surface area (Å²) in [5.74, 6) is 1.58. The minimum atomic E-state index is 0.433. The number of fused-ring (bicyclic) bond motifs is 2. The van der Waals surface area contributed by atoms with Crippen LogP contribution in [0.15, 0.2) is 42.5 Å². The molecule has 1 saturated heterocycles. The predicted octanol–water partition coefficient (Wildman–Crippen LogP) is 3.62. The van der Waals surface area contributed by atoms with Gasteiger partial charge >= 0.3 is 0 Å². The van der Waals surface area contributed by atoms with E-state index < -0.39 is 0 Å². The van der Waals surface area contributed by atoms with E-state index in [0.29, 0.717) is 17.6 Å². The van der Waals surface area contributed by atoms with Gasteiger partial charge in [-0.1, -0.05) is 36.4 Å². The number of rotatable bonds is 1. The molecular weight excluding hydrogens is 270 g/mol. The van der Waals surface area contributed by atoms with E-state index in [1.54, 1.807) is 0 Å². The van der Waals surface area contributed by atoms with E-state index in [1.165, 1.54) is 35.1 Å². The smallest absolute Gasteiger partial charge is 0.119 e. The highest BCUT2D eigenvalue weighted by molar-refractivity contribution is 5.50. The van der Waals surface area contributed by atoms with Crippen LogP contribution in [0, 0.1) is 5.92 Å². The number of aromatic hydroxyl groups is 1. The van der Waals surface area contributed by atoms with Crippen LogP contribution in [0.5, 0.6) is 5.75 Å². The van der Waals surface area contributed by atoms with Gasteiger partial charge in [-0.3, -0.25) is 0 Å². The average Bonchev–Trinajstić information content (AvgIpc) is 2.73. The molecule has 1 fully saturated rings. The molecule has 2 aromatic rings. The van der Waals surface area contributed by atoms with Crippen molar-refractivity contribution in [1.29, 1.82) is 0 Å². The van der Waals surface area contributed by atoms with Gasteiger partial charge in [0.1, 0.15) is 5.75 Å². The molecule has 2 nitrogen and oxygen atoms in total. The van der Waals surface area contributed by atoms with Gasteiger partial charge in [0.2, 0.25) is 0 Å². The van der Waals surface area contributed by atoms with E-state index >= 15 is 0 Å². The Morgan fingerprint density at radius 2 is 1.64 bits per heavy atom. The number of phenols is 1. The first-order valence-electron chi connectivity index (χ1n) is 8.44. The molecule has 4 rings (SSSR count). The molecule has 1 aliphatic heterocycles. The number of piperidine rings is 1. The molecule has 1 atom stereocenters. The highest BCUT2D eigenvalue weighted by atomic mass is 16.3. The topological polar surface area (TPSA) is 32.3 Å². The lowest BCUT2D eigenvalue weighted by Gasteiger charge is -2.32. The van der Waals surface area contributed by atoms with Gasteiger partial charge in [-0.05, 0) is 73.0 Å². The molecule has 0 saturated carbocycles. The molecule has 0 radical (unpaired) electrons. The normalized spacial score (nSPS) is 21.7. The van der Waals surface area contributed by atoms with E-state index in [1.807, 2.05) is 12.1 Å². The minimum Gasteiger partial charge on any atom is -0.508 e. The maximum atomic E-state index is 10.4. The monoisotopic (exact) mass is 293 g/mol. The molecule has 2 N–H and O–H groups in total. The van der Waals surface area contributed by atoms with E-state index in [-0.39, 0.29) is 0 Å². The molecule has 2 aromatic carbocycles. The van der Waals surface area contributed by atoms with Crippen LogP contribution in [-0.2, 0) is 12.8 Å². The van der Waals surface area contributed by atoms with Gasteiger partial charge in [-0.25, -0.2) is 0 Å². The second kappa shape index (κ2) is 5.77. The molecule has 22 heavy (non-hydrogen) atoms. The third-order valence-corrected chi connectivity index (χ3v) is 5.41. The molecule has 114 valence electrons. The van der Waals surface area contributed by atoms with Crippen molar-refractivity contribution in [2.75, 3.05) is 13.1 Å². The zero-order chi connectivity index (χ0) is 14.9. The summed E-state index contributed by atoms with van der Waals surface area (Å²) in [7, 11) is 0. The average molecular weight is 293 g/mol. The van der Waals surface area contributed by atoms with Gasteiger partial charge in [-0.2, -0.15) is 0 Å². The Bertz CT molecular complexity index is 673. The van der Waals surface area contributed by atoms with Crippen LogP contribution in [0.25, 0.3) is 0 Å². The molecule has 0 aromatic heterocycles. The maximum absolute atomic E-state index is 10.4. The second-order valence-corrected chi connectivity index (χ2v) is 6.61. The lowest BCUT2D eigenvalue weighted by Crippen LogP contribution is -2.31. The van der Waals surface area contributed by atoms with Gasteiger partial charge in [0, 0.05) is 5.92 Å². The largest absolute Gasteiger partial charge is 0.508 e. The summed E-state index contributed by atoms with van der Waals surface area (Å²) in [5, 5.41) is 13.8. The van der Waals surface area contributed by atoms with Crippen LogP contribution in [-0.4, -0.2) is 18.2 Å². The molecule has 2 heteroatoms. The number of aryl methyl sites for hydroxylation is 1. The van der Waals surface area contributed by atoms with E-state index in [2.05, 4.69) is 35.6 Å². The molecule has 2 aliphatic rings. The first-order chi connectivity index (χ1) is 10.8. The minimum absolute atomic E-state index is 0.433. The summed E-state index contributed by atoms with van der Waals surface area (Å²) in [6.07, 6.45) is 4.41. The third kappa shape index (κ3) is 2.32. The van der Waals surface area contributed by atoms with Gasteiger partial charge in [0.05, 0.1) is 0 Å². The Morgan fingerprint density at radius 3 is 2.50 bits per heavy atom. The summed E-state index contributed by atoms with van der Waals surface area (Å²) in [6.45, 7) is 2.22. The van der Waals surface area contributed by atoms with Crippen molar-refractivity contribution in [3.63, 3.8) is 0 Å². The number of phenolic OH excluding ortho intramolecular Hbond substituents is 1. The Hall–Kier alpha value is -1.80. The Kier molecular flexibility index (Phi) is 3.63. The predicted molar refractivity (Wildman–Crippen MR) is 89.4 cm³/mol. The summed E-state index contributed by atoms with van der Waals surface area (Å²) in [6, 6.07) is 15.0. The molecule has 0 amide bonds. The SMILES string of the molecule is Oc1cccc2c1CCc1ccccc1C2C1CCNCC1. The third-order valence-electron chi connectivity index (χ3n) is 5.41. The van der Waals surface area contributed by atoms with Crippen molar-refractivity contribution in [3.05, 3.63) is 64.7 Å². The van der Waals surface area contributed by atoms with Crippen molar-refractivity contribution >= 4 is 0 Å². The Labute approximate surface area is 132 Å². The molecule has 1 aliphatic carbocycles. The number of hydrogen-bond donors (Lipinski definition) is 2. The number of hydrogen-bond acceptors (Lipinski definition) is 2. The van der Waals surface area contributed by atoms with Crippen LogP contribution >= 0.6 is 0 Å². The van der Waals surface area contributed by atoms with E-state index in [0.717, 1.165) is 25.9 Å². The summed E-state index contributed by atoms with van der Waals surface area (Å²) < 4.78 is 0. The van der Waals surface area contributed by atoms with Gasteiger partial charge in [-0.15, -0.1) is 0 Å². The quantitative estimate of drug-likeness (QED) is 0.841. The maximum Gasteiger partial charge on any atom is 0.119 e. The second-order valence-electron chi connectivity index (χ2n) is 6.61. The first kappa shape index (κ1) is 13.8. The standard InChI is InChI=1S/C20H23NO/c22-19-7-3-6-18-17(19)9-8-14-4-1-2-5-16(14)20(18)15-10-12-21-13-11-15/h1-7,15,20-22H,8-13H2. The van der Waals surface area contributed by atoms with Crippen LogP contribution < -0.4 is 5.32 Å². The van der Waals surface area contributed by atoms with E-state index in [4.69, 9.17) is 0 Å². The Morgan fingerprint density at radius 1 is 0.864 bits per heavy atom. The van der Waals surface area contributed by atoms with Crippen LogP contribution in [0.3, 0.4) is 0 Å². The number of benzene rings is 2. The first-order valence-corrected chi connectivity index (χ1v) is 8.44. The fourth-order valence-electron chi connectivity index (χ4n) is 4.33. The summed E-state index contributed by atoms with van der Waals surface area (Å²) in [5.41, 5.74) is 5.47.